The van der Waals surface area contributed by atoms with Crippen molar-refractivity contribution in [3.05, 3.63) is 70.8 Å². The average molecular weight is 315 g/mol. The van der Waals surface area contributed by atoms with Crippen molar-refractivity contribution in [2.75, 3.05) is 0 Å². The van der Waals surface area contributed by atoms with Crippen molar-refractivity contribution in [3.8, 4) is 0 Å². The molecule has 19 heavy (non-hydrogen) atoms. The molecule has 0 amide bonds. The van der Waals surface area contributed by atoms with E-state index in [0.717, 1.165) is 18.4 Å². The van der Waals surface area contributed by atoms with Crippen molar-refractivity contribution in [1.82, 2.24) is 0 Å². The molecule has 3 rings (SSSR count). The highest BCUT2D eigenvalue weighted by Crippen LogP contribution is 2.40. The summed E-state index contributed by atoms with van der Waals surface area (Å²) in [7, 11) is 0. The minimum atomic E-state index is 0.111. The van der Waals surface area contributed by atoms with E-state index in [0.29, 0.717) is 0 Å². The topological polar surface area (TPSA) is 20.2 Å². The highest BCUT2D eigenvalue weighted by Gasteiger charge is 2.18. The Labute approximate surface area is 121 Å². The largest absolute Gasteiger partial charge is 0.392 e. The fourth-order valence-corrected chi connectivity index (χ4v) is 3.42. The summed E-state index contributed by atoms with van der Waals surface area (Å²) in [5.41, 5.74) is 6.21. The number of aliphatic hydroxyl groups is 1. The minimum absolute atomic E-state index is 0.111. The smallest absolute Gasteiger partial charge is 0.0681 e. The zero-order chi connectivity index (χ0) is 13.2. The third-order valence-electron chi connectivity index (χ3n) is 3.62. The number of hydrogen-bond donors (Lipinski definition) is 1. The van der Waals surface area contributed by atoms with Crippen LogP contribution in [0.2, 0.25) is 0 Å². The Hall–Kier alpha value is -1.38. The summed E-state index contributed by atoms with van der Waals surface area (Å²) in [6.07, 6.45) is 2.06. The molecule has 0 heterocycles. The van der Waals surface area contributed by atoms with Crippen LogP contribution in [0.25, 0.3) is 10.1 Å². The van der Waals surface area contributed by atoms with E-state index in [2.05, 4.69) is 52.3 Å². The number of halogens is 1. The van der Waals surface area contributed by atoms with Gasteiger partial charge in [0.15, 0.2) is 0 Å². The number of benzene rings is 2. The molecular formula is C17H15BrO. The van der Waals surface area contributed by atoms with Crippen molar-refractivity contribution >= 4 is 26.0 Å². The van der Waals surface area contributed by atoms with Gasteiger partial charge in [0.25, 0.3) is 0 Å². The number of allylic oxidation sites excluding steroid dienone is 1. The van der Waals surface area contributed by atoms with Gasteiger partial charge in [-0.2, -0.15) is 0 Å². The molecule has 96 valence electrons. The van der Waals surface area contributed by atoms with Crippen LogP contribution in [0.3, 0.4) is 0 Å². The lowest BCUT2D eigenvalue weighted by atomic mass is 9.88. The van der Waals surface area contributed by atoms with Gasteiger partial charge in [-0.05, 0) is 56.6 Å². The van der Waals surface area contributed by atoms with Crippen LogP contribution in [0, 0.1) is 0 Å². The quantitative estimate of drug-likeness (QED) is 0.871. The predicted molar refractivity (Wildman–Crippen MR) is 82.9 cm³/mol. The van der Waals surface area contributed by atoms with E-state index in [4.69, 9.17) is 0 Å². The Kier molecular flexibility index (Phi) is 3.54. The molecule has 0 fully saturated rings. The second kappa shape index (κ2) is 5.32. The molecule has 0 unspecified atom stereocenters. The normalized spacial score (nSPS) is 14.4. The van der Waals surface area contributed by atoms with Gasteiger partial charge in [-0.15, -0.1) is 0 Å². The fraction of sp³-hybridized carbons (Fsp3) is 0.176. The Bertz CT molecular complexity index is 629. The van der Waals surface area contributed by atoms with Crippen molar-refractivity contribution < 1.29 is 5.11 Å². The molecule has 0 radical (unpaired) electrons. The van der Waals surface area contributed by atoms with Crippen molar-refractivity contribution in [2.45, 2.75) is 19.4 Å². The van der Waals surface area contributed by atoms with E-state index in [9.17, 15) is 5.11 Å². The molecule has 0 spiro atoms. The number of aliphatic hydroxyl groups excluding tert-OH is 1. The minimum Gasteiger partial charge on any atom is -0.392 e. The van der Waals surface area contributed by atoms with Crippen LogP contribution in [-0.2, 0) is 13.0 Å². The molecule has 2 aromatic carbocycles. The lowest BCUT2D eigenvalue weighted by molar-refractivity contribution is 0.281. The SMILES string of the molecule is OCc1ccc2c(c1)CCC(c1ccccc1)=C2Br. The van der Waals surface area contributed by atoms with Crippen LogP contribution in [0.15, 0.2) is 48.5 Å². The van der Waals surface area contributed by atoms with Gasteiger partial charge >= 0.3 is 0 Å². The average Bonchev–Trinajstić information content (AvgIpc) is 2.48. The van der Waals surface area contributed by atoms with Crippen molar-refractivity contribution in [2.24, 2.45) is 0 Å². The first-order valence-electron chi connectivity index (χ1n) is 6.46. The van der Waals surface area contributed by atoms with Gasteiger partial charge < -0.3 is 5.11 Å². The van der Waals surface area contributed by atoms with E-state index in [1.54, 1.807) is 0 Å². The van der Waals surface area contributed by atoms with Crippen LogP contribution in [-0.4, -0.2) is 5.11 Å². The monoisotopic (exact) mass is 314 g/mol. The molecule has 2 heteroatoms. The molecule has 0 aromatic heterocycles. The molecule has 0 aliphatic heterocycles. The molecule has 0 bridgehead atoms. The highest BCUT2D eigenvalue weighted by atomic mass is 79.9. The molecule has 1 aliphatic carbocycles. The second-order valence-corrected chi connectivity index (χ2v) is 5.60. The molecule has 0 atom stereocenters. The Morgan fingerprint density at radius 2 is 1.79 bits per heavy atom. The van der Waals surface area contributed by atoms with E-state index in [1.165, 1.54) is 26.7 Å². The lowest BCUT2D eigenvalue weighted by Crippen LogP contribution is -2.03. The van der Waals surface area contributed by atoms with Crippen LogP contribution in [0.4, 0.5) is 0 Å². The van der Waals surface area contributed by atoms with E-state index < -0.39 is 0 Å². The first-order valence-corrected chi connectivity index (χ1v) is 7.26. The van der Waals surface area contributed by atoms with Crippen molar-refractivity contribution in [1.29, 1.82) is 0 Å². The molecule has 2 aromatic rings. The summed E-state index contributed by atoms with van der Waals surface area (Å²) in [4.78, 5) is 0. The van der Waals surface area contributed by atoms with E-state index >= 15 is 0 Å². The number of fused-ring (bicyclic) bond motifs is 1. The standard InChI is InChI=1S/C17H15BrO/c18-17-15(13-4-2-1-3-5-13)9-7-14-10-12(11-19)6-8-16(14)17/h1-6,8,10,19H,7,9,11H2. The zero-order valence-corrected chi connectivity index (χ0v) is 12.2. The number of hydrogen-bond acceptors (Lipinski definition) is 1. The molecule has 0 saturated carbocycles. The fourth-order valence-electron chi connectivity index (χ4n) is 2.61. The molecule has 0 saturated heterocycles. The van der Waals surface area contributed by atoms with Crippen LogP contribution < -0.4 is 0 Å². The van der Waals surface area contributed by atoms with Gasteiger partial charge in [0.1, 0.15) is 0 Å². The van der Waals surface area contributed by atoms with Crippen LogP contribution in [0.5, 0.6) is 0 Å². The molecule has 1 aliphatic rings. The van der Waals surface area contributed by atoms with E-state index in [-0.39, 0.29) is 6.61 Å². The number of rotatable bonds is 2. The summed E-state index contributed by atoms with van der Waals surface area (Å²) in [6, 6.07) is 16.7. The Balaban J connectivity index is 2.09. The summed E-state index contributed by atoms with van der Waals surface area (Å²) in [6.45, 7) is 0.111. The van der Waals surface area contributed by atoms with Gasteiger partial charge in [-0.3, -0.25) is 0 Å². The maximum Gasteiger partial charge on any atom is 0.0681 e. The summed E-state index contributed by atoms with van der Waals surface area (Å²) >= 11 is 3.75. The Morgan fingerprint density at radius 1 is 1.00 bits per heavy atom. The number of aryl methyl sites for hydroxylation is 1. The van der Waals surface area contributed by atoms with Gasteiger partial charge in [-0.1, -0.05) is 48.5 Å². The van der Waals surface area contributed by atoms with Crippen LogP contribution in [0.1, 0.15) is 28.7 Å². The lowest BCUT2D eigenvalue weighted by Gasteiger charge is -2.21. The molecule has 1 N–H and O–H groups in total. The van der Waals surface area contributed by atoms with E-state index in [1.807, 2.05) is 12.1 Å². The molecular weight excluding hydrogens is 300 g/mol. The summed E-state index contributed by atoms with van der Waals surface area (Å²) in [5.74, 6) is 0. The second-order valence-electron chi connectivity index (χ2n) is 4.81. The first-order chi connectivity index (χ1) is 9.29. The molecule has 1 nitrogen and oxygen atoms in total. The summed E-state index contributed by atoms with van der Waals surface area (Å²) in [5, 5.41) is 9.21. The Morgan fingerprint density at radius 3 is 2.53 bits per heavy atom. The maximum absolute atomic E-state index is 9.21. The summed E-state index contributed by atoms with van der Waals surface area (Å²) < 4.78 is 1.18. The predicted octanol–water partition coefficient (Wildman–Crippen LogP) is 4.39. The van der Waals surface area contributed by atoms with Crippen molar-refractivity contribution in [3.63, 3.8) is 0 Å². The third kappa shape index (κ3) is 2.38. The van der Waals surface area contributed by atoms with Gasteiger partial charge in [0.2, 0.25) is 0 Å². The van der Waals surface area contributed by atoms with Gasteiger partial charge in [-0.25, -0.2) is 0 Å². The third-order valence-corrected chi connectivity index (χ3v) is 4.53. The first kappa shape index (κ1) is 12.6. The van der Waals surface area contributed by atoms with Crippen LogP contribution >= 0.6 is 15.9 Å². The van der Waals surface area contributed by atoms with Gasteiger partial charge in [0.05, 0.1) is 6.61 Å². The highest BCUT2D eigenvalue weighted by molar-refractivity contribution is 9.15. The van der Waals surface area contributed by atoms with Gasteiger partial charge in [0, 0.05) is 4.48 Å². The zero-order valence-electron chi connectivity index (χ0n) is 10.6. The maximum atomic E-state index is 9.21.